The standard InChI is InChI=1S/C12H21N3O5S2/c1-9-12(10(2)20-13-9)22(18,19)15-7-5-11(6-8-15)14(3)21(4,16)17/h11H,5-8H2,1-4H3. The minimum absolute atomic E-state index is 0.113. The zero-order chi connectivity index (χ0) is 16.7. The SMILES string of the molecule is Cc1noc(C)c1S(=O)(=O)N1CCC(N(C)S(C)(=O)=O)CC1. The maximum atomic E-state index is 12.7. The predicted molar refractivity (Wildman–Crippen MR) is 80.4 cm³/mol. The monoisotopic (exact) mass is 351 g/mol. The molecule has 0 radical (unpaired) electrons. The fraction of sp³-hybridized carbons (Fsp3) is 0.750. The summed E-state index contributed by atoms with van der Waals surface area (Å²) in [5, 5.41) is 3.68. The molecule has 0 aliphatic carbocycles. The lowest BCUT2D eigenvalue weighted by Crippen LogP contribution is -2.47. The number of hydrogen-bond donors (Lipinski definition) is 0. The molecule has 1 aromatic heterocycles. The number of sulfonamides is 2. The summed E-state index contributed by atoms with van der Waals surface area (Å²) in [7, 11) is -5.40. The highest BCUT2D eigenvalue weighted by molar-refractivity contribution is 7.89. The van der Waals surface area contributed by atoms with Crippen LogP contribution in [0.15, 0.2) is 9.42 Å². The van der Waals surface area contributed by atoms with E-state index in [0.29, 0.717) is 18.5 Å². The molecule has 1 aliphatic heterocycles. The molecular weight excluding hydrogens is 330 g/mol. The third-order valence-corrected chi connectivity index (χ3v) is 7.51. The van der Waals surface area contributed by atoms with E-state index in [2.05, 4.69) is 5.16 Å². The molecule has 1 fully saturated rings. The molecule has 22 heavy (non-hydrogen) atoms. The van der Waals surface area contributed by atoms with Crippen molar-refractivity contribution in [3.8, 4) is 0 Å². The first-order chi connectivity index (χ1) is 10.0. The molecule has 10 heteroatoms. The van der Waals surface area contributed by atoms with E-state index >= 15 is 0 Å². The van der Waals surface area contributed by atoms with Gasteiger partial charge < -0.3 is 4.52 Å². The smallest absolute Gasteiger partial charge is 0.248 e. The van der Waals surface area contributed by atoms with E-state index < -0.39 is 20.0 Å². The first-order valence-corrected chi connectivity index (χ1v) is 10.2. The Bertz CT molecular complexity index is 726. The normalized spacial score (nSPS) is 19.0. The van der Waals surface area contributed by atoms with Gasteiger partial charge in [0.25, 0.3) is 0 Å². The van der Waals surface area contributed by atoms with Crippen molar-refractivity contribution in [2.45, 2.75) is 37.6 Å². The first kappa shape index (κ1) is 17.4. The van der Waals surface area contributed by atoms with Crippen molar-refractivity contribution >= 4 is 20.0 Å². The average molecular weight is 351 g/mol. The van der Waals surface area contributed by atoms with Crippen LogP contribution < -0.4 is 0 Å². The summed E-state index contributed by atoms with van der Waals surface area (Å²) in [5.41, 5.74) is 0.341. The quantitative estimate of drug-likeness (QED) is 0.775. The van der Waals surface area contributed by atoms with Crippen LogP contribution in [0.4, 0.5) is 0 Å². The molecule has 2 rings (SSSR count). The van der Waals surface area contributed by atoms with Crippen LogP contribution >= 0.6 is 0 Å². The van der Waals surface area contributed by atoms with E-state index in [1.807, 2.05) is 0 Å². The summed E-state index contributed by atoms with van der Waals surface area (Å²) in [6.07, 6.45) is 2.08. The molecule has 126 valence electrons. The maximum absolute atomic E-state index is 12.7. The van der Waals surface area contributed by atoms with Crippen molar-refractivity contribution in [1.82, 2.24) is 13.8 Å². The fourth-order valence-corrected chi connectivity index (χ4v) is 5.20. The van der Waals surface area contributed by atoms with E-state index in [9.17, 15) is 16.8 Å². The van der Waals surface area contributed by atoms with Gasteiger partial charge in [0.15, 0.2) is 5.76 Å². The van der Waals surface area contributed by atoms with Crippen LogP contribution in [0.3, 0.4) is 0 Å². The van der Waals surface area contributed by atoms with Gasteiger partial charge in [-0.25, -0.2) is 21.1 Å². The Kier molecular flexibility index (Phi) is 4.67. The van der Waals surface area contributed by atoms with Gasteiger partial charge in [-0.3, -0.25) is 0 Å². The number of nitrogens with zero attached hydrogens (tertiary/aromatic N) is 3. The third kappa shape index (κ3) is 3.19. The number of aromatic nitrogens is 1. The second kappa shape index (κ2) is 5.91. The summed E-state index contributed by atoms with van der Waals surface area (Å²) in [4.78, 5) is 0.113. The van der Waals surface area contributed by atoms with Gasteiger partial charge in [-0.05, 0) is 26.7 Å². The van der Waals surface area contributed by atoms with E-state index in [0.717, 1.165) is 6.26 Å². The molecular formula is C12H21N3O5S2. The number of hydrogen-bond acceptors (Lipinski definition) is 6. The Morgan fingerprint density at radius 1 is 1.18 bits per heavy atom. The molecule has 8 nitrogen and oxygen atoms in total. The van der Waals surface area contributed by atoms with Crippen molar-refractivity contribution in [2.24, 2.45) is 0 Å². The van der Waals surface area contributed by atoms with Gasteiger partial charge in [0.2, 0.25) is 20.0 Å². The molecule has 0 bridgehead atoms. The lowest BCUT2D eigenvalue weighted by Gasteiger charge is -2.34. The van der Waals surface area contributed by atoms with E-state index in [-0.39, 0.29) is 29.8 Å². The van der Waals surface area contributed by atoms with Gasteiger partial charge in [0.05, 0.1) is 6.26 Å². The highest BCUT2D eigenvalue weighted by atomic mass is 32.2. The van der Waals surface area contributed by atoms with E-state index in [4.69, 9.17) is 4.52 Å². The van der Waals surface area contributed by atoms with Crippen LogP contribution in [-0.2, 0) is 20.0 Å². The van der Waals surface area contributed by atoms with Crippen molar-refractivity contribution in [3.05, 3.63) is 11.5 Å². The number of piperidine rings is 1. The van der Waals surface area contributed by atoms with Gasteiger partial charge in [-0.15, -0.1) is 0 Å². The topological polar surface area (TPSA) is 101 Å². The molecule has 2 heterocycles. The molecule has 0 saturated carbocycles. The molecule has 0 aromatic carbocycles. The highest BCUT2D eigenvalue weighted by Crippen LogP contribution is 2.27. The zero-order valence-electron chi connectivity index (χ0n) is 13.1. The van der Waals surface area contributed by atoms with E-state index in [1.54, 1.807) is 13.8 Å². The maximum Gasteiger partial charge on any atom is 0.248 e. The summed E-state index contributed by atoms with van der Waals surface area (Å²) in [6, 6.07) is -0.175. The van der Waals surface area contributed by atoms with Crippen LogP contribution in [0.5, 0.6) is 0 Å². The van der Waals surface area contributed by atoms with Crippen molar-refractivity contribution in [3.63, 3.8) is 0 Å². The van der Waals surface area contributed by atoms with Crippen LogP contribution in [0.2, 0.25) is 0 Å². The van der Waals surface area contributed by atoms with Gasteiger partial charge in [-0.1, -0.05) is 5.16 Å². The lowest BCUT2D eigenvalue weighted by atomic mass is 10.1. The molecule has 0 amide bonds. The van der Waals surface area contributed by atoms with Crippen LogP contribution in [0.25, 0.3) is 0 Å². The Labute approximate surface area is 131 Å². The lowest BCUT2D eigenvalue weighted by molar-refractivity contribution is 0.238. The van der Waals surface area contributed by atoms with Crippen molar-refractivity contribution < 1.29 is 21.4 Å². The molecule has 0 atom stereocenters. The van der Waals surface area contributed by atoms with Gasteiger partial charge in [-0.2, -0.15) is 4.31 Å². The fourth-order valence-electron chi connectivity index (χ4n) is 2.69. The molecule has 1 saturated heterocycles. The van der Waals surface area contributed by atoms with Gasteiger partial charge >= 0.3 is 0 Å². The van der Waals surface area contributed by atoms with Crippen molar-refractivity contribution in [2.75, 3.05) is 26.4 Å². The minimum atomic E-state index is -3.66. The second-order valence-electron chi connectivity index (χ2n) is 5.57. The first-order valence-electron chi connectivity index (χ1n) is 6.91. The molecule has 1 aromatic rings. The summed E-state index contributed by atoms with van der Waals surface area (Å²) in [6.45, 7) is 3.71. The summed E-state index contributed by atoms with van der Waals surface area (Å²) in [5.74, 6) is 0.271. The van der Waals surface area contributed by atoms with Crippen LogP contribution in [-0.4, -0.2) is 63.0 Å². The highest BCUT2D eigenvalue weighted by Gasteiger charge is 2.35. The molecule has 0 unspecified atom stereocenters. The second-order valence-corrected chi connectivity index (χ2v) is 9.48. The largest absolute Gasteiger partial charge is 0.360 e. The Hall–Kier alpha value is -0.970. The minimum Gasteiger partial charge on any atom is -0.360 e. The predicted octanol–water partition coefficient (Wildman–Crippen LogP) is 0.336. The van der Waals surface area contributed by atoms with Gasteiger partial charge in [0, 0.05) is 26.2 Å². The third-order valence-electron chi connectivity index (χ3n) is 4.03. The number of aryl methyl sites for hydroxylation is 2. The Morgan fingerprint density at radius 2 is 1.73 bits per heavy atom. The van der Waals surface area contributed by atoms with Crippen LogP contribution in [0, 0.1) is 13.8 Å². The molecule has 0 N–H and O–H groups in total. The Morgan fingerprint density at radius 3 is 2.14 bits per heavy atom. The van der Waals surface area contributed by atoms with Crippen LogP contribution in [0.1, 0.15) is 24.3 Å². The van der Waals surface area contributed by atoms with E-state index in [1.165, 1.54) is 15.7 Å². The summed E-state index contributed by atoms with van der Waals surface area (Å²) >= 11 is 0. The summed E-state index contributed by atoms with van der Waals surface area (Å²) < 4.78 is 56.0. The average Bonchev–Trinajstić information content (AvgIpc) is 2.77. The number of rotatable bonds is 4. The van der Waals surface area contributed by atoms with Crippen molar-refractivity contribution in [1.29, 1.82) is 0 Å². The van der Waals surface area contributed by atoms with Gasteiger partial charge in [0.1, 0.15) is 10.6 Å². The molecule has 1 aliphatic rings. The molecule has 0 spiro atoms. The Balaban J connectivity index is 2.15. The zero-order valence-corrected chi connectivity index (χ0v) is 14.7.